The van der Waals surface area contributed by atoms with Crippen LogP contribution >= 0.6 is 50.9 Å². The third-order valence-electron chi connectivity index (χ3n) is 4.57. The number of anilines is 1. The molecule has 0 unspecified atom stereocenters. The van der Waals surface area contributed by atoms with E-state index >= 15 is 0 Å². The molecule has 1 amide bonds. The summed E-state index contributed by atoms with van der Waals surface area (Å²) in [5.74, 6) is -0.621. The maximum atomic E-state index is 13.0. The smallest absolute Gasteiger partial charge is 0.262 e. The summed E-state index contributed by atoms with van der Waals surface area (Å²) in [6.45, 7) is 0. The van der Waals surface area contributed by atoms with Gasteiger partial charge in [0.25, 0.3) is 5.91 Å². The Labute approximate surface area is 202 Å². The van der Waals surface area contributed by atoms with Crippen LogP contribution in [0.4, 0.5) is 5.69 Å². The number of amides is 1. The van der Waals surface area contributed by atoms with Crippen molar-refractivity contribution < 1.29 is 13.2 Å². The first-order valence-corrected chi connectivity index (χ1v) is 13.0. The number of hydrogen-bond donors (Lipinski definition) is 1. The summed E-state index contributed by atoms with van der Waals surface area (Å²) >= 11 is 16.9. The first kappa shape index (κ1) is 22.4. The van der Waals surface area contributed by atoms with Crippen LogP contribution in [0, 0.1) is 0 Å². The molecular formula is C22H14BrCl2NO3S2. The number of benzene rings is 3. The molecule has 0 aromatic heterocycles. The Kier molecular flexibility index (Phi) is 6.51. The van der Waals surface area contributed by atoms with Crippen molar-refractivity contribution in [2.24, 2.45) is 0 Å². The van der Waals surface area contributed by atoms with Crippen molar-refractivity contribution in [2.75, 3.05) is 5.32 Å². The van der Waals surface area contributed by atoms with Gasteiger partial charge in [0.1, 0.15) is 0 Å². The van der Waals surface area contributed by atoms with Crippen LogP contribution in [0.5, 0.6) is 0 Å². The van der Waals surface area contributed by atoms with E-state index in [2.05, 4.69) is 21.2 Å². The molecule has 0 saturated heterocycles. The molecule has 1 aliphatic rings. The van der Waals surface area contributed by atoms with Crippen LogP contribution in [0.1, 0.15) is 11.1 Å². The molecule has 0 aliphatic carbocycles. The summed E-state index contributed by atoms with van der Waals surface area (Å²) in [6, 6.07) is 17.1. The zero-order valence-corrected chi connectivity index (χ0v) is 20.5. The van der Waals surface area contributed by atoms with Gasteiger partial charge in [0.2, 0.25) is 0 Å². The van der Waals surface area contributed by atoms with Gasteiger partial charge in [-0.15, -0.1) is 0 Å². The molecule has 0 fully saturated rings. The number of carbonyl (C=O) groups is 1. The highest BCUT2D eigenvalue weighted by Gasteiger charge is 2.25. The Hall–Kier alpha value is -1.77. The summed E-state index contributed by atoms with van der Waals surface area (Å²) in [7, 11) is -3.72. The lowest BCUT2D eigenvalue weighted by molar-refractivity contribution is -0.112. The second-order valence-electron chi connectivity index (χ2n) is 6.73. The van der Waals surface area contributed by atoms with Gasteiger partial charge in [-0.3, -0.25) is 4.79 Å². The van der Waals surface area contributed by atoms with Crippen molar-refractivity contribution in [3.8, 4) is 0 Å². The second-order valence-corrected chi connectivity index (χ2v) is 11.5. The summed E-state index contributed by atoms with van der Waals surface area (Å²) in [5.41, 5.74) is 1.69. The number of fused-ring (bicyclic) bond motifs is 1. The molecule has 0 atom stereocenters. The molecule has 9 heteroatoms. The fraction of sp³-hybridized carbons (Fsp3) is 0.0455. The van der Waals surface area contributed by atoms with Crippen molar-refractivity contribution >= 4 is 78.4 Å². The standard InChI is InChI=1S/C22H14BrCl2NO3S2/c23-14-6-4-13(5-7-14)10-21-22(27)26-19-11-15(8-9-20(19)30-21)31(28,29)12-16-17(24)2-1-3-18(16)25/h1-11H,12H2,(H,26,27)/b21-10+. The average Bonchev–Trinajstić information content (AvgIpc) is 2.72. The van der Waals surface area contributed by atoms with Gasteiger partial charge in [-0.2, -0.15) is 0 Å². The van der Waals surface area contributed by atoms with Crippen LogP contribution in [0.2, 0.25) is 10.0 Å². The Morgan fingerprint density at radius 2 is 1.68 bits per heavy atom. The zero-order valence-electron chi connectivity index (χ0n) is 15.7. The SMILES string of the molecule is O=C1Nc2cc(S(=O)(=O)Cc3c(Cl)cccc3Cl)ccc2S/C1=C/c1ccc(Br)cc1. The van der Waals surface area contributed by atoms with Crippen molar-refractivity contribution in [1.29, 1.82) is 0 Å². The van der Waals surface area contributed by atoms with Gasteiger partial charge in [-0.05, 0) is 54.1 Å². The van der Waals surface area contributed by atoms with E-state index in [-0.39, 0.29) is 16.6 Å². The van der Waals surface area contributed by atoms with E-state index < -0.39 is 9.84 Å². The number of carbonyl (C=O) groups excluding carboxylic acids is 1. The monoisotopic (exact) mass is 553 g/mol. The lowest BCUT2D eigenvalue weighted by atomic mass is 10.2. The molecule has 1 heterocycles. The van der Waals surface area contributed by atoms with Gasteiger partial charge in [0.05, 0.1) is 21.2 Å². The van der Waals surface area contributed by atoms with Gasteiger partial charge >= 0.3 is 0 Å². The van der Waals surface area contributed by atoms with Crippen LogP contribution in [0.25, 0.3) is 6.08 Å². The molecule has 3 aromatic rings. The number of nitrogens with one attached hydrogen (secondary N) is 1. The highest BCUT2D eigenvalue weighted by molar-refractivity contribution is 9.10. The van der Waals surface area contributed by atoms with Crippen LogP contribution < -0.4 is 5.32 Å². The largest absolute Gasteiger partial charge is 0.320 e. The van der Waals surface area contributed by atoms with E-state index in [1.807, 2.05) is 24.3 Å². The van der Waals surface area contributed by atoms with E-state index in [9.17, 15) is 13.2 Å². The van der Waals surface area contributed by atoms with Crippen LogP contribution in [-0.4, -0.2) is 14.3 Å². The number of sulfone groups is 1. The third kappa shape index (κ3) is 5.02. The molecule has 1 aliphatic heterocycles. The maximum Gasteiger partial charge on any atom is 0.262 e. The summed E-state index contributed by atoms with van der Waals surface area (Å²) in [5, 5.41) is 3.37. The summed E-state index contributed by atoms with van der Waals surface area (Å²) < 4.78 is 26.9. The van der Waals surface area contributed by atoms with E-state index in [1.165, 1.54) is 23.9 Å². The Balaban J connectivity index is 1.62. The van der Waals surface area contributed by atoms with E-state index in [1.54, 1.807) is 30.3 Å². The van der Waals surface area contributed by atoms with Gasteiger partial charge in [0.15, 0.2) is 9.84 Å². The quantitative estimate of drug-likeness (QED) is 0.359. The van der Waals surface area contributed by atoms with E-state index in [0.717, 1.165) is 14.9 Å². The lowest BCUT2D eigenvalue weighted by Gasteiger charge is -2.19. The molecule has 4 nitrogen and oxygen atoms in total. The van der Waals surface area contributed by atoms with Crippen molar-refractivity contribution in [3.63, 3.8) is 0 Å². The molecule has 0 radical (unpaired) electrons. The molecule has 0 spiro atoms. The molecule has 1 N–H and O–H groups in total. The molecule has 3 aromatic carbocycles. The molecule has 0 saturated carbocycles. The second kappa shape index (κ2) is 9.00. The predicted molar refractivity (Wildman–Crippen MR) is 130 cm³/mol. The van der Waals surface area contributed by atoms with Crippen molar-refractivity contribution in [1.82, 2.24) is 0 Å². The Morgan fingerprint density at radius 3 is 2.35 bits per heavy atom. The minimum atomic E-state index is -3.72. The minimum absolute atomic E-state index is 0.0866. The number of thioether (sulfide) groups is 1. The van der Waals surface area contributed by atoms with Crippen molar-refractivity contribution in [2.45, 2.75) is 15.5 Å². The average molecular weight is 555 g/mol. The van der Waals surface area contributed by atoms with Gasteiger partial charge in [0, 0.05) is 25.0 Å². The fourth-order valence-corrected chi connectivity index (χ4v) is 6.30. The number of halogens is 3. The first-order valence-electron chi connectivity index (χ1n) is 8.99. The summed E-state index contributed by atoms with van der Waals surface area (Å²) in [6.07, 6.45) is 1.79. The van der Waals surface area contributed by atoms with Crippen molar-refractivity contribution in [3.05, 3.63) is 91.2 Å². The highest BCUT2D eigenvalue weighted by Crippen LogP contribution is 2.40. The molecular weight excluding hydrogens is 541 g/mol. The predicted octanol–water partition coefficient (Wildman–Crippen LogP) is 6.82. The Morgan fingerprint density at radius 1 is 1.00 bits per heavy atom. The van der Waals surface area contributed by atoms with Gasteiger partial charge in [-0.25, -0.2) is 8.42 Å². The summed E-state index contributed by atoms with van der Waals surface area (Å²) in [4.78, 5) is 13.9. The lowest BCUT2D eigenvalue weighted by Crippen LogP contribution is -2.18. The fourth-order valence-electron chi connectivity index (χ4n) is 2.99. The molecule has 4 rings (SSSR count). The van der Waals surface area contributed by atoms with Gasteiger partial charge in [-0.1, -0.05) is 69.1 Å². The highest BCUT2D eigenvalue weighted by atomic mass is 79.9. The van der Waals surface area contributed by atoms with Crippen LogP contribution in [-0.2, 0) is 20.4 Å². The molecule has 0 bridgehead atoms. The Bertz CT molecular complexity index is 1300. The van der Waals surface area contributed by atoms with Gasteiger partial charge < -0.3 is 5.32 Å². The minimum Gasteiger partial charge on any atom is -0.320 e. The van der Waals surface area contributed by atoms with E-state index in [4.69, 9.17) is 23.2 Å². The van der Waals surface area contributed by atoms with E-state index in [0.29, 0.717) is 26.2 Å². The molecule has 31 heavy (non-hydrogen) atoms. The number of hydrogen-bond acceptors (Lipinski definition) is 4. The maximum absolute atomic E-state index is 13.0. The van der Waals surface area contributed by atoms with Crippen LogP contribution in [0.3, 0.4) is 0 Å². The molecule has 158 valence electrons. The third-order valence-corrected chi connectivity index (χ3v) is 8.54. The topological polar surface area (TPSA) is 63.2 Å². The normalized spacial score (nSPS) is 14.9. The first-order chi connectivity index (χ1) is 14.7. The zero-order chi connectivity index (χ0) is 22.2. The number of rotatable bonds is 4. The van der Waals surface area contributed by atoms with Crippen LogP contribution in [0.15, 0.2) is 79.8 Å².